The standard InChI is InChI=1S/C13H19N5O2S/c1-7(2)11-14-13(21-17-11)18-6-9(19-4)5-10(18)12-16-15-8(3)20-12/h7,9-10H,5-6H2,1-4H3/t9-,10+/m0/s1. The molecule has 0 aromatic carbocycles. The average molecular weight is 309 g/mol. The van der Waals surface area contributed by atoms with Crippen molar-refractivity contribution < 1.29 is 9.15 Å². The second kappa shape index (κ2) is 5.69. The van der Waals surface area contributed by atoms with E-state index in [1.54, 1.807) is 14.0 Å². The summed E-state index contributed by atoms with van der Waals surface area (Å²) in [5.74, 6) is 2.38. The fourth-order valence-electron chi connectivity index (χ4n) is 2.44. The Kier molecular flexibility index (Phi) is 3.90. The Morgan fingerprint density at radius 2 is 2.19 bits per heavy atom. The zero-order valence-corrected chi connectivity index (χ0v) is 13.4. The molecule has 1 fully saturated rings. The van der Waals surface area contributed by atoms with Gasteiger partial charge in [-0.1, -0.05) is 13.8 Å². The molecule has 0 radical (unpaired) electrons. The molecular formula is C13H19N5O2S. The van der Waals surface area contributed by atoms with E-state index < -0.39 is 0 Å². The second-order valence-electron chi connectivity index (χ2n) is 5.51. The van der Waals surface area contributed by atoms with Gasteiger partial charge in [-0.05, 0) is 0 Å². The van der Waals surface area contributed by atoms with Gasteiger partial charge in [0.25, 0.3) is 0 Å². The summed E-state index contributed by atoms with van der Waals surface area (Å²) >= 11 is 1.41. The first-order valence-electron chi connectivity index (χ1n) is 7.01. The minimum atomic E-state index is 0.00381. The van der Waals surface area contributed by atoms with Crippen molar-refractivity contribution in [2.24, 2.45) is 0 Å². The van der Waals surface area contributed by atoms with Crippen LogP contribution in [0, 0.1) is 6.92 Å². The third-order valence-electron chi connectivity index (χ3n) is 3.62. The van der Waals surface area contributed by atoms with E-state index in [0.29, 0.717) is 17.7 Å². The van der Waals surface area contributed by atoms with Crippen LogP contribution in [0.5, 0.6) is 0 Å². The van der Waals surface area contributed by atoms with Gasteiger partial charge in [0, 0.05) is 44.4 Å². The van der Waals surface area contributed by atoms with Gasteiger partial charge in [-0.15, -0.1) is 10.2 Å². The lowest BCUT2D eigenvalue weighted by Crippen LogP contribution is -2.24. The smallest absolute Gasteiger partial charge is 0.239 e. The largest absolute Gasteiger partial charge is 0.423 e. The molecule has 2 aromatic heterocycles. The Labute approximate surface area is 127 Å². The molecule has 0 spiro atoms. The van der Waals surface area contributed by atoms with Crippen molar-refractivity contribution in [3.8, 4) is 0 Å². The summed E-state index contributed by atoms with van der Waals surface area (Å²) in [7, 11) is 1.73. The molecular weight excluding hydrogens is 290 g/mol. The van der Waals surface area contributed by atoms with E-state index in [9.17, 15) is 0 Å². The average Bonchev–Trinajstić information content (AvgIpc) is 3.16. The number of hydrogen-bond acceptors (Lipinski definition) is 8. The maximum atomic E-state index is 5.60. The van der Waals surface area contributed by atoms with Crippen molar-refractivity contribution in [3.05, 3.63) is 17.6 Å². The minimum absolute atomic E-state index is 0.00381. The number of methoxy groups -OCH3 is 1. The summed E-state index contributed by atoms with van der Waals surface area (Å²) in [5, 5.41) is 8.97. The highest BCUT2D eigenvalue weighted by molar-refractivity contribution is 7.09. The van der Waals surface area contributed by atoms with Gasteiger partial charge in [-0.2, -0.15) is 4.37 Å². The molecule has 0 aliphatic carbocycles. The Morgan fingerprint density at radius 1 is 1.38 bits per heavy atom. The van der Waals surface area contributed by atoms with Crippen molar-refractivity contribution in [1.29, 1.82) is 0 Å². The number of rotatable bonds is 4. The quantitative estimate of drug-likeness (QED) is 0.857. The highest BCUT2D eigenvalue weighted by Crippen LogP contribution is 2.37. The minimum Gasteiger partial charge on any atom is -0.423 e. The summed E-state index contributed by atoms with van der Waals surface area (Å²) in [6.45, 7) is 6.74. The van der Waals surface area contributed by atoms with Gasteiger partial charge >= 0.3 is 0 Å². The van der Waals surface area contributed by atoms with Gasteiger partial charge < -0.3 is 14.1 Å². The predicted molar refractivity (Wildman–Crippen MR) is 78.5 cm³/mol. The molecule has 0 N–H and O–H groups in total. The van der Waals surface area contributed by atoms with Crippen LogP contribution in [0.4, 0.5) is 5.13 Å². The molecule has 3 rings (SSSR count). The molecule has 3 heterocycles. The highest BCUT2D eigenvalue weighted by atomic mass is 32.1. The van der Waals surface area contributed by atoms with Crippen LogP contribution in [0.15, 0.2) is 4.42 Å². The van der Waals surface area contributed by atoms with Gasteiger partial charge in [0.15, 0.2) is 0 Å². The van der Waals surface area contributed by atoms with Crippen LogP contribution in [-0.4, -0.2) is 39.3 Å². The summed E-state index contributed by atoms with van der Waals surface area (Å²) in [4.78, 5) is 6.79. The van der Waals surface area contributed by atoms with Gasteiger partial charge in [0.05, 0.1) is 6.10 Å². The molecule has 0 bridgehead atoms. The lowest BCUT2D eigenvalue weighted by Gasteiger charge is -2.19. The lowest BCUT2D eigenvalue weighted by molar-refractivity contribution is 0.117. The number of nitrogens with zero attached hydrogens (tertiary/aromatic N) is 5. The highest BCUT2D eigenvalue weighted by Gasteiger charge is 2.38. The van der Waals surface area contributed by atoms with Crippen LogP contribution in [0.1, 0.15) is 49.8 Å². The van der Waals surface area contributed by atoms with E-state index in [2.05, 4.69) is 38.3 Å². The lowest BCUT2D eigenvalue weighted by atomic mass is 10.2. The van der Waals surface area contributed by atoms with Crippen LogP contribution >= 0.6 is 11.5 Å². The summed E-state index contributed by atoms with van der Waals surface area (Å²) in [5.41, 5.74) is 0. The summed E-state index contributed by atoms with van der Waals surface area (Å²) in [6.07, 6.45) is 0.947. The van der Waals surface area contributed by atoms with Gasteiger partial charge in [-0.3, -0.25) is 0 Å². The summed E-state index contributed by atoms with van der Waals surface area (Å²) in [6, 6.07) is 0.00381. The van der Waals surface area contributed by atoms with Gasteiger partial charge in [-0.25, -0.2) is 4.98 Å². The third-order valence-corrected chi connectivity index (χ3v) is 4.38. The molecule has 0 saturated carbocycles. The number of hydrogen-bond donors (Lipinski definition) is 0. The first-order chi connectivity index (χ1) is 10.1. The fourth-order valence-corrected chi connectivity index (χ4v) is 3.31. The normalized spacial score (nSPS) is 22.4. The molecule has 2 aromatic rings. The first kappa shape index (κ1) is 14.4. The number of anilines is 1. The van der Waals surface area contributed by atoms with Gasteiger partial charge in [0.2, 0.25) is 16.9 Å². The van der Waals surface area contributed by atoms with Gasteiger partial charge in [0.1, 0.15) is 11.9 Å². The monoisotopic (exact) mass is 309 g/mol. The van der Waals surface area contributed by atoms with Crippen LogP contribution in [0.2, 0.25) is 0 Å². The molecule has 1 aliphatic rings. The van der Waals surface area contributed by atoms with Crippen LogP contribution in [-0.2, 0) is 4.74 Å². The fraction of sp³-hybridized carbons (Fsp3) is 0.692. The van der Waals surface area contributed by atoms with E-state index in [0.717, 1.165) is 23.9 Å². The SMILES string of the molecule is CO[C@H]1C[C@H](c2nnc(C)o2)N(c2nc(C(C)C)ns2)C1. The van der Waals surface area contributed by atoms with Crippen LogP contribution in [0.25, 0.3) is 0 Å². The maximum absolute atomic E-state index is 5.60. The molecule has 8 heteroatoms. The molecule has 21 heavy (non-hydrogen) atoms. The maximum Gasteiger partial charge on any atom is 0.239 e. The predicted octanol–water partition coefficient (Wildman–Crippen LogP) is 2.32. The summed E-state index contributed by atoms with van der Waals surface area (Å²) < 4.78 is 15.5. The van der Waals surface area contributed by atoms with Crippen LogP contribution in [0.3, 0.4) is 0 Å². The molecule has 0 amide bonds. The molecule has 0 unspecified atom stereocenters. The van der Waals surface area contributed by atoms with Crippen molar-refractivity contribution in [3.63, 3.8) is 0 Å². The Morgan fingerprint density at radius 3 is 2.76 bits per heavy atom. The Hall–Kier alpha value is -1.54. The molecule has 114 valence electrons. The van der Waals surface area contributed by atoms with E-state index in [1.165, 1.54) is 11.5 Å². The second-order valence-corrected chi connectivity index (χ2v) is 6.24. The van der Waals surface area contributed by atoms with E-state index >= 15 is 0 Å². The number of aromatic nitrogens is 4. The van der Waals surface area contributed by atoms with Crippen molar-refractivity contribution in [2.45, 2.75) is 45.3 Å². The van der Waals surface area contributed by atoms with E-state index in [4.69, 9.17) is 9.15 Å². The van der Waals surface area contributed by atoms with Crippen LogP contribution < -0.4 is 4.90 Å². The number of ether oxygens (including phenoxy) is 1. The molecule has 1 aliphatic heterocycles. The Balaban J connectivity index is 1.89. The molecule has 1 saturated heterocycles. The third kappa shape index (κ3) is 2.77. The Bertz CT molecular complexity index is 611. The first-order valence-corrected chi connectivity index (χ1v) is 7.79. The van der Waals surface area contributed by atoms with Crippen molar-refractivity contribution in [2.75, 3.05) is 18.6 Å². The molecule has 7 nitrogen and oxygen atoms in total. The topological polar surface area (TPSA) is 77.2 Å². The zero-order chi connectivity index (χ0) is 15.0. The van der Waals surface area contributed by atoms with E-state index in [1.807, 2.05) is 0 Å². The zero-order valence-electron chi connectivity index (χ0n) is 12.6. The number of aryl methyl sites for hydroxylation is 1. The van der Waals surface area contributed by atoms with Crippen molar-refractivity contribution in [1.82, 2.24) is 19.6 Å². The van der Waals surface area contributed by atoms with Crippen molar-refractivity contribution >= 4 is 16.7 Å². The molecule has 2 atom stereocenters. The van der Waals surface area contributed by atoms with E-state index in [-0.39, 0.29) is 12.1 Å².